The molecule has 36 heavy (non-hydrogen) atoms. The highest BCUT2D eigenvalue weighted by molar-refractivity contribution is 9.10. The molecule has 0 saturated heterocycles. The van der Waals surface area contributed by atoms with Gasteiger partial charge >= 0.3 is 0 Å². The number of nitrogens with one attached hydrogen (secondary N) is 1. The molecule has 3 rings (SSSR count). The quantitative estimate of drug-likeness (QED) is 0.361. The number of hydrogen-bond acceptors (Lipinski definition) is 5. The summed E-state index contributed by atoms with van der Waals surface area (Å²) in [7, 11) is 4.72. The lowest BCUT2D eigenvalue weighted by molar-refractivity contribution is 0.0727. The van der Waals surface area contributed by atoms with Crippen molar-refractivity contribution in [3.63, 3.8) is 0 Å². The fourth-order valence-electron chi connectivity index (χ4n) is 3.87. The van der Waals surface area contributed by atoms with Crippen molar-refractivity contribution in [3.05, 3.63) is 87.9 Å². The minimum Gasteiger partial charge on any atom is -0.496 e. The molecule has 0 aliphatic rings. The van der Waals surface area contributed by atoms with E-state index in [1.165, 1.54) is 7.11 Å². The first-order valence-corrected chi connectivity index (χ1v) is 12.3. The molecule has 0 bridgehead atoms. The van der Waals surface area contributed by atoms with E-state index in [4.69, 9.17) is 14.2 Å². The second kappa shape index (κ2) is 13.0. The highest BCUT2D eigenvalue weighted by Crippen LogP contribution is 2.28. The van der Waals surface area contributed by atoms with E-state index in [0.29, 0.717) is 47.9 Å². The number of amides is 2. The number of carbonyl (C=O) groups excluding carboxylic acids is 2. The van der Waals surface area contributed by atoms with Crippen molar-refractivity contribution < 1.29 is 23.8 Å². The van der Waals surface area contributed by atoms with Crippen LogP contribution in [0.15, 0.2) is 71.2 Å². The molecule has 1 N–H and O–H groups in total. The van der Waals surface area contributed by atoms with Gasteiger partial charge < -0.3 is 24.4 Å². The zero-order valence-electron chi connectivity index (χ0n) is 20.9. The SMILES string of the molecule is COc1ccc(CCN(C[C@@H](C)NC(=O)c2ccccc2)C(=O)c2cc(Br)ccc2OC)cc1OC. The first-order chi connectivity index (χ1) is 17.4. The smallest absolute Gasteiger partial charge is 0.257 e. The fraction of sp³-hybridized carbons (Fsp3) is 0.286. The van der Waals surface area contributed by atoms with E-state index < -0.39 is 0 Å². The number of nitrogens with zero attached hydrogens (tertiary/aromatic N) is 1. The maximum Gasteiger partial charge on any atom is 0.257 e. The molecule has 7 nitrogen and oxygen atoms in total. The van der Waals surface area contributed by atoms with Gasteiger partial charge in [0.15, 0.2) is 11.5 Å². The van der Waals surface area contributed by atoms with Crippen LogP contribution in [-0.4, -0.2) is 57.2 Å². The van der Waals surface area contributed by atoms with Crippen molar-refractivity contribution in [1.29, 1.82) is 0 Å². The number of hydrogen-bond donors (Lipinski definition) is 1. The lowest BCUT2D eigenvalue weighted by Crippen LogP contribution is -2.45. The summed E-state index contributed by atoms with van der Waals surface area (Å²) in [6, 6.07) is 19.8. The van der Waals surface area contributed by atoms with Crippen molar-refractivity contribution in [2.24, 2.45) is 0 Å². The number of methoxy groups -OCH3 is 3. The summed E-state index contributed by atoms with van der Waals surface area (Å²) in [6.45, 7) is 2.63. The van der Waals surface area contributed by atoms with E-state index >= 15 is 0 Å². The maximum atomic E-state index is 13.7. The van der Waals surface area contributed by atoms with Crippen molar-refractivity contribution in [3.8, 4) is 17.2 Å². The van der Waals surface area contributed by atoms with Gasteiger partial charge in [0.1, 0.15) is 5.75 Å². The van der Waals surface area contributed by atoms with Crippen LogP contribution in [0.1, 0.15) is 33.2 Å². The largest absolute Gasteiger partial charge is 0.496 e. The highest BCUT2D eigenvalue weighted by atomic mass is 79.9. The van der Waals surface area contributed by atoms with Crippen molar-refractivity contribution in [2.45, 2.75) is 19.4 Å². The van der Waals surface area contributed by atoms with Crippen LogP contribution >= 0.6 is 15.9 Å². The van der Waals surface area contributed by atoms with Gasteiger partial charge in [-0.3, -0.25) is 9.59 Å². The van der Waals surface area contributed by atoms with Gasteiger partial charge in [-0.05, 0) is 61.4 Å². The van der Waals surface area contributed by atoms with Crippen LogP contribution in [0.25, 0.3) is 0 Å². The molecule has 190 valence electrons. The summed E-state index contributed by atoms with van der Waals surface area (Å²) in [5.41, 5.74) is 2.01. The predicted molar refractivity (Wildman–Crippen MR) is 143 cm³/mol. The van der Waals surface area contributed by atoms with E-state index in [2.05, 4.69) is 21.2 Å². The van der Waals surface area contributed by atoms with Crippen molar-refractivity contribution in [2.75, 3.05) is 34.4 Å². The Balaban J connectivity index is 1.81. The molecule has 0 radical (unpaired) electrons. The van der Waals surface area contributed by atoms with E-state index in [1.54, 1.807) is 43.4 Å². The fourth-order valence-corrected chi connectivity index (χ4v) is 4.23. The van der Waals surface area contributed by atoms with E-state index in [0.717, 1.165) is 10.0 Å². The Morgan fingerprint density at radius 1 is 0.889 bits per heavy atom. The Morgan fingerprint density at radius 3 is 2.22 bits per heavy atom. The first kappa shape index (κ1) is 27.1. The van der Waals surface area contributed by atoms with Gasteiger partial charge in [-0.1, -0.05) is 40.2 Å². The molecule has 1 atom stereocenters. The molecule has 3 aromatic rings. The maximum absolute atomic E-state index is 13.7. The molecule has 0 heterocycles. The molecule has 8 heteroatoms. The lowest BCUT2D eigenvalue weighted by Gasteiger charge is -2.27. The minimum atomic E-state index is -0.287. The number of halogens is 1. The summed E-state index contributed by atoms with van der Waals surface area (Å²) >= 11 is 3.45. The van der Waals surface area contributed by atoms with Crippen LogP contribution in [-0.2, 0) is 6.42 Å². The average Bonchev–Trinajstić information content (AvgIpc) is 2.90. The molecule has 0 unspecified atom stereocenters. The van der Waals surface area contributed by atoms with Crippen LogP contribution in [0.4, 0.5) is 0 Å². The van der Waals surface area contributed by atoms with Gasteiger partial charge in [0.2, 0.25) is 0 Å². The summed E-state index contributed by atoms with van der Waals surface area (Å²) in [5, 5.41) is 2.99. The third-order valence-electron chi connectivity index (χ3n) is 5.71. The molecule has 3 aromatic carbocycles. The predicted octanol–water partition coefficient (Wildman–Crippen LogP) is 4.98. The minimum absolute atomic E-state index is 0.185. The Morgan fingerprint density at radius 2 is 1.56 bits per heavy atom. The summed E-state index contributed by atoms with van der Waals surface area (Å²) in [6.07, 6.45) is 0.585. The van der Waals surface area contributed by atoms with Gasteiger partial charge in [0, 0.05) is 29.2 Å². The summed E-state index contributed by atoms with van der Waals surface area (Å²) in [5.74, 6) is 1.39. The third-order valence-corrected chi connectivity index (χ3v) is 6.20. The number of benzene rings is 3. The Labute approximate surface area is 220 Å². The molecular formula is C28H31BrN2O5. The topological polar surface area (TPSA) is 77.1 Å². The highest BCUT2D eigenvalue weighted by Gasteiger charge is 2.23. The Hall–Kier alpha value is -3.52. The second-order valence-electron chi connectivity index (χ2n) is 8.28. The average molecular weight is 555 g/mol. The lowest BCUT2D eigenvalue weighted by atomic mass is 10.1. The number of ether oxygens (including phenoxy) is 3. The van der Waals surface area contributed by atoms with Crippen LogP contribution < -0.4 is 19.5 Å². The molecule has 0 fully saturated rings. The monoisotopic (exact) mass is 554 g/mol. The Bertz CT molecular complexity index is 1190. The van der Waals surface area contributed by atoms with Gasteiger partial charge in [0.25, 0.3) is 11.8 Å². The molecule has 0 spiro atoms. The van der Waals surface area contributed by atoms with Crippen molar-refractivity contribution in [1.82, 2.24) is 10.2 Å². The van der Waals surface area contributed by atoms with E-state index in [-0.39, 0.29) is 17.9 Å². The summed E-state index contributed by atoms with van der Waals surface area (Å²) < 4.78 is 17.0. The number of rotatable bonds is 11. The number of carbonyl (C=O) groups is 2. The molecular weight excluding hydrogens is 524 g/mol. The van der Waals surface area contributed by atoms with Gasteiger partial charge in [0.05, 0.1) is 26.9 Å². The molecule has 0 aliphatic carbocycles. The third kappa shape index (κ3) is 7.01. The molecule has 0 saturated carbocycles. The van der Waals surface area contributed by atoms with Crippen LogP contribution in [0, 0.1) is 0 Å². The standard InChI is InChI=1S/C28H31BrN2O5/c1-19(30-27(32)21-8-6-5-7-9-21)18-31(28(33)23-17-22(29)11-13-24(23)34-2)15-14-20-10-12-25(35-3)26(16-20)36-4/h5-13,16-17,19H,14-15,18H2,1-4H3,(H,30,32)/t19-/m1/s1. The molecule has 0 aromatic heterocycles. The second-order valence-corrected chi connectivity index (χ2v) is 9.19. The summed E-state index contributed by atoms with van der Waals surface area (Å²) in [4.78, 5) is 28.1. The first-order valence-electron chi connectivity index (χ1n) is 11.6. The Kier molecular flexibility index (Phi) is 9.76. The molecule has 2 amide bonds. The zero-order valence-corrected chi connectivity index (χ0v) is 22.5. The van der Waals surface area contributed by atoms with Crippen LogP contribution in [0.3, 0.4) is 0 Å². The van der Waals surface area contributed by atoms with Crippen molar-refractivity contribution >= 4 is 27.7 Å². The molecule has 0 aliphatic heterocycles. The van der Waals surface area contributed by atoms with Gasteiger partial charge in [-0.15, -0.1) is 0 Å². The van der Waals surface area contributed by atoms with Gasteiger partial charge in [-0.25, -0.2) is 0 Å². The van der Waals surface area contributed by atoms with Crippen LogP contribution in [0.2, 0.25) is 0 Å². The van der Waals surface area contributed by atoms with E-state index in [1.807, 2.05) is 49.4 Å². The van der Waals surface area contributed by atoms with E-state index in [9.17, 15) is 9.59 Å². The van der Waals surface area contributed by atoms with Crippen LogP contribution in [0.5, 0.6) is 17.2 Å². The normalized spacial score (nSPS) is 11.4. The van der Waals surface area contributed by atoms with Gasteiger partial charge in [-0.2, -0.15) is 0 Å². The zero-order chi connectivity index (χ0) is 26.1.